The van der Waals surface area contributed by atoms with E-state index in [9.17, 15) is 8.42 Å². The monoisotopic (exact) mass is 364 g/mol. The third kappa shape index (κ3) is 4.58. The molecule has 25 heavy (non-hydrogen) atoms. The molecule has 8 heteroatoms. The van der Waals surface area contributed by atoms with Gasteiger partial charge in [-0.15, -0.1) is 10.2 Å². The van der Waals surface area contributed by atoms with Crippen molar-refractivity contribution >= 4 is 10.0 Å². The molecule has 1 aliphatic carbocycles. The highest BCUT2D eigenvalue weighted by molar-refractivity contribution is 7.89. The number of aromatic nitrogens is 3. The molecule has 0 radical (unpaired) electrons. The average Bonchev–Trinajstić information content (AvgIpc) is 3.09. The lowest BCUT2D eigenvalue weighted by atomic mass is 9.91. The number of nitrogens with one attached hydrogen (secondary N) is 1. The van der Waals surface area contributed by atoms with E-state index in [1.54, 1.807) is 36.9 Å². The van der Waals surface area contributed by atoms with Crippen LogP contribution in [0.1, 0.15) is 45.6 Å². The van der Waals surface area contributed by atoms with Crippen LogP contribution in [0.5, 0.6) is 5.75 Å². The van der Waals surface area contributed by atoms with Gasteiger partial charge >= 0.3 is 0 Å². The van der Waals surface area contributed by atoms with Crippen molar-refractivity contribution in [3.8, 4) is 5.75 Å². The molecule has 1 heterocycles. The first-order chi connectivity index (χ1) is 11.9. The first-order valence-electron chi connectivity index (χ1n) is 8.57. The van der Waals surface area contributed by atoms with Gasteiger partial charge in [0.15, 0.2) is 0 Å². The highest BCUT2D eigenvalue weighted by Crippen LogP contribution is 2.29. The van der Waals surface area contributed by atoms with Crippen molar-refractivity contribution in [2.75, 3.05) is 0 Å². The number of rotatable bonds is 6. The lowest BCUT2D eigenvalue weighted by molar-refractivity contribution is 0.242. The number of sulfonamides is 1. The molecule has 1 aliphatic rings. The van der Waals surface area contributed by atoms with E-state index in [4.69, 9.17) is 4.74 Å². The molecule has 1 aromatic heterocycles. The van der Waals surface area contributed by atoms with Crippen molar-refractivity contribution in [2.45, 2.75) is 62.6 Å². The molecule has 3 rings (SSSR count). The zero-order valence-corrected chi connectivity index (χ0v) is 15.3. The molecule has 1 aromatic carbocycles. The SMILES string of the molecule is CC(C)Oc1ccc(S(=O)(=O)NC2CCCC(n3cnnc3)C2)cc1. The Labute approximate surface area is 148 Å². The molecule has 136 valence electrons. The van der Waals surface area contributed by atoms with Crippen LogP contribution in [-0.4, -0.2) is 35.3 Å². The molecule has 0 spiro atoms. The minimum absolute atomic E-state index is 0.0532. The fraction of sp³-hybridized carbons (Fsp3) is 0.529. The maximum absolute atomic E-state index is 12.6. The quantitative estimate of drug-likeness (QED) is 0.851. The van der Waals surface area contributed by atoms with Crippen LogP contribution >= 0.6 is 0 Å². The summed E-state index contributed by atoms with van der Waals surface area (Å²) in [5.41, 5.74) is 0. The fourth-order valence-corrected chi connectivity index (χ4v) is 4.48. The van der Waals surface area contributed by atoms with Crippen molar-refractivity contribution < 1.29 is 13.2 Å². The zero-order valence-electron chi connectivity index (χ0n) is 14.5. The maximum Gasteiger partial charge on any atom is 0.240 e. The zero-order chi connectivity index (χ0) is 17.9. The first kappa shape index (κ1) is 17.9. The maximum atomic E-state index is 12.6. The molecular weight excluding hydrogens is 340 g/mol. The van der Waals surface area contributed by atoms with Gasteiger partial charge in [0, 0.05) is 12.1 Å². The summed E-state index contributed by atoms with van der Waals surface area (Å²) in [5.74, 6) is 0.666. The smallest absolute Gasteiger partial charge is 0.240 e. The summed E-state index contributed by atoms with van der Waals surface area (Å²) in [4.78, 5) is 0.259. The Morgan fingerprint density at radius 3 is 2.48 bits per heavy atom. The van der Waals surface area contributed by atoms with E-state index < -0.39 is 10.0 Å². The van der Waals surface area contributed by atoms with Crippen LogP contribution in [0.15, 0.2) is 41.8 Å². The Balaban J connectivity index is 1.66. The summed E-state index contributed by atoms with van der Waals surface area (Å²) < 4.78 is 35.6. The van der Waals surface area contributed by atoms with Crippen LogP contribution in [0.25, 0.3) is 0 Å². The van der Waals surface area contributed by atoms with Crippen LogP contribution in [0.2, 0.25) is 0 Å². The average molecular weight is 364 g/mol. The Morgan fingerprint density at radius 2 is 1.84 bits per heavy atom. The van der Waals surface area contributed by atoms with E-state index in [1.165, 1.54) is 0 Å². The third-order valence-corrected chi connectivity index (χ3v) is 5.87. The Morgan fingerprint density at radius 1 is 1.16 bits per heavy atom. The van der Waals surface area contributed by atoms with E-state index in [1.807, 2.05) is 18.4 Å². The number of hydrogen-bond acceptors (Lipinski definition) is 5. The highest BCUT2D eigenvalue weighted by atomic mass is 32.2. The van der Waals surface area contributed by atoms with Crippen LogP contribution in [0.3, 0.4) is 0 Å². The molecule has 2 unspecified atom stereocenters. The molecule has 2 atom stereocenters. The summed E-state index contributed by atoms with van der Waals surface area (Å²) in [5, 5.41) is 7.67. The molecule has 1 N–H and O–H groups in total. The molecule has 1 saturated carbocycles. The lowest BCUT2D eigenvalue weighted by Crippen LogP contribution is -2.38. The van der Waals surface area contributed by atoms with Gasteiger partial charge in [-0.1, -0.05) is 0 Å². The number of ether oxygens (including phenoxy) is 1. The van der Waals surface area contributed by atoms with Crippen molar-refractivity contribution in [2.24, 2.45) is 0 Å². The van der Waals surface area contributed by atoms with E-state index >= 15 is 0 Å². The molecule has 0 aliphatic heterocycles. The third-order valence-electron chi connectivity index (χ3n) is 4.33. The minimum Gasteiger partial charge on any atom is -0.491 e. The first-order valence-corrected chi connectivity index (χ1v) is 10.1. The Bertz CT molecular complexity index is 773. The van der Waals surface area contributed by atoms with Gasteiger partial charge < -0.3 is 9.30 Å². The van der Waals surface area contributed by atoms with Gasteiger partial charge in [-0.3, -0.25) is 0 Å². The molecule has 2 aromatic rings. The van der Waals surface area contributed by atoms with Crippen LogP contribution in [-0.2, 0) is 10.0 Å². The van der Waals surface area contributed by atoms with Gasteiger partial charge in [0.05, 0.1) is 11.0 Å². The summed E-state index contributed by atoms with van der Waals surface area (Å²) >= 11 is 0. The largest absolute Gasteiger partial charge is 0.491 e. The van der Waals surface area contributed by atoms with Gasteiger partial charge in [-0.05, 0) is 63.8 Å². The Hall–Kier alpha value is -1.93. The lowest BCUT2D eigenvalue weighted by Gasteiger charge is -2.30. The summed E-state index contributed by atoms with van der Waals surface area (Å²) in [6.07, 6.45) is 6.99. The van der Waals surface area contributed by atoms with E-state index in [0.29, 0.717) is 5.75 Å². The number of nitrogens with zero attached hydrogens (tertiary/aromatic N) is 3. The van der Waals surface area contributed by atoms with Crippen molar-refractivity contribution in [1.82, 2.24) is 19.5 Å². The second kappa shape index (κ2) is 7.53. The topological polar surface area (TPSA) is 86.1 Å². The van der Waals surface area contributed by atoms with Gasteiger partial charge in [-0.2, -0.15) is 0 Å². The van der Waals surface area contributed by atoms with Crippen LogP contribution in [0.4, 0.5) is 0 Å². The normalized spacial score (nSPS) is 21.4. The van der Waals surface area contributed by atoms with E-state index in [-0.39, 0.29) is 23.1 Å². The van der Waals surface area contributed by atoms with E-state index in [2.05, 4.69) is 14.9 Å². The minimum atomic E-state index is -3.54. The highest BCUT2D eigenvalue weighted by Gasteiger charge is 2.27. The summed E-state index contributed by atoms with van der Waals surface area (Å²) in [7, 11) is -3.54. The van der Waals surface area contributed by atoms with Crippen molar-refractivity contribution in [3.63, 3.8) is 0 Å². The predicted molar refractivity (Wildman–Crippen MR) is 93.8 cm³/mol. The molecule has 0 amide bonds. The second-order valence-electron chi connectivity index (χ2n) is 6.69. The van der Waals surface area contributed by atoms with Gasteiger partial charge in [0.2, 0.25) is 10.0 Å². The second-order valence-corrected chi connectivity index (χ2v) is 8.40. The fourth-order valence-electron chi connectivity index (χ4n) is 3.20. The summed E-state index contributed by atoms with van der Waals surface area (Å²) in [6.45, 7) is 3.86. The van der Waals surface area contributed by atoms with Crippen molar-refractivity contribution in [1.29, 1.82) is 0 Å². The standard InChI is InChI=1S/C17H24N4O3S/c1-13(2)24-16-6-8-17(9-7-16)25(22,23)20-14-4-3-5-15(10-14)21-11-18-19-12-21/h6-9,11-15,20H,3-5,10H2,1-2H3. The van der Waals surface area contributed by atoms with Gasteiger partial charge in [-0.25, -0.2) is 13.1 Å². The van der Waals surface area contributed by atoms with Crippen LogP contribution in [0, 0.1) is 0 Å². The molecule has 0 saturated heterocycles. The predicted octanol–water partition coefficient (Wildman–Crippen LogP) is 2.53. The Kier molecular flexibility index (Phi) is 5.39. The molecule has 1 fully saturated rings. The van der Waals surface area contributed by atoms with Gasteiger partial charge in [0.1, 0.15) is 18.4 Å². The number of hydrogen-bond donors (Lipinski definition) is 1. The number of benzene rings is 1. The van der Waals surface area contributed by atoms with E-state index in [0.717, 1.165) is 25.7 Å². The van der Waals surface area contributed by atoms with Crippen LogP contribution < -0.4 is 9.46 Å². The molecule has 7 nitrogen and oxygen atoms in total. The summed E-state index contributed by atoms with van der Waals surface area (Å²) in [6, 6.07) is 6.70. The molecular formula is C17H24N4O3S. The van der Waals surface area contributed by atoms with Crippen molar-refractivity contribution in [3.05, 3.63) is 36.9 Å². The van der Waals surface area contributed by atoms with Gasteiger partial charge in [0.25, 0.3) is 0 Å². The molecule has 0 bridgehead atoms.